The molecule has 3 rings (SSSR count). The molecular weight excluding hydrogens is 447 g/mol. The van der Waals surface area contributed by atoms with Gasteiger partial charge in [0.05, 0.1) is 12.6 Å². The van der Waals surface area contributed by atoms with Crippen LogP contribution >= 0.6 is 0 Å². The van der Waals surface area contributed by atoms with Gasteiger partial charge in [0.25, 0.3) is 5.91 Å². The van der Waals surface area contributed by atoms with Crippen LogP contribution in [0.3, 0.4) is 0 Å². The van der Waals surface area contributed by atoms with Crippen molar-refractivity contribution in [1.82, 2.24) is 10.2 Å². The average Bonchev–Trinajstić information content (AvgIpc) is 2.69. The van der Waals surface area contributed by atoms with E-state index in [9.17, 15) is 41.1 Å². The predicted octanol–water partition coefficient (Wildman–Crippen LogP) is 0.750. The largest absolute Gasteiger partial charge is 0.534 e. The van der Waals surface area contributed by atoms with Crippen molar-refractivity contribution in [3.8, 4) is 0 Å². The molecule has 2 aliphatic heterocycles. The standard InChI is InChI=1S/C17H16F3N3O7S/c18-17(19,20)31(28,29)30-11-7-6-10-13(15(25)23(10)14(11)16(26)27)22-12(24)8-21-9-4-2-1-3-5-9/h1-5,10,13,21H,6-8H2,(H,22,24)(H,26,27)/t10-,13+/m1/s1. The first-order chi connectivity index (χ1) is 14.4. The van der Waals surface area contributed by atoms with Gasteiger partial charge in [-0.1, -0.05) is 18.2 Å². The molecule has 2 atom stereocenters. The molecule has 10 nitrogen and oxygen atoms in total. The molecule has 2 amide bonds. The molecule has 1 saturated heterocycles. The second-order valence-corrected chi connectivity index (χ2v) is 8.18. The maximum atomic E-state index is 12.6. The molecule has 0 spiro atoms. The Morgan fingerprint density at radius 3 is 2.45 bits per heavy atom. The van der Waals surface area contributed by atoms with Gasteiger partial charge in [0.1, 0.15) is 6.04 Å². The van der Waals surface area contributed by atoms with Crippen LogP contribution in [-0.4, -0.2) is 60.3 Å². The fourth-order valence-corrected chi connectivity index (χ4v) is 3.77. The summed E-state index contributed by atoms with van der Waals surface area (Å²) in [4.78, 5) is 36.7. The summed E-state index contributed by atoms with van der Waals surface area (Å²) < 4.78 is 64.1. The first kappa shape index (κ1) is 22.4. The Morgan fingerprint density at radius 1 is 1.23 bits per heavy atom. The van der Waals surface area contributed by atoms with Crippen molar-refractivity contribution >= 4 is 33.6 Å². The summed E-state index contributed by atoms with van der Waals surface area (Å²) >= 11 is 0. The average molecular weight is 463 g/mol. The molecule has 0 radical (unpaired) electrons. The van der Waals surface area contributed by atoms with E-state index in [1.54, 1.807) is 30.3 Å². The molecule has 31 heavy (non-hydrogen) atoms. The number of halogens is 3. The number of amides is 2. The number of hydrogen-bond donors (Lipinski definition) is 3. The molecule has 0 unspecified atom stereocenters. The van der Waals surface area contributed by atoms with Crippen molar-refractivity contribution in [1.29, 1.82) is 0 Å². The summed E-state index contributed by atoms with van der Waals surface area (Å²) in [5.41, 5.74) is -6.11. The minimum atomic E-state index is -6.10. The van der Waals surface area contributed by atoms with Crippen LogP contribution in [0, 0.1) is 0 Å². The Bertz CT molecular complexity index is 1040. The van der Waals surface area contributed by atoms with Crippen LogP contribution in [0.1, 0.15) is 12.8 Å². The number of benzene rings is 1. The number of anilines is 1. The summed E-state index contributed by atoms with van der Waals surface area (Å²) in [6.07, 6.45) is -0.595. The molecule has 0 aromatic heterocycles. The highest BCUT2D eigenvalue weighted by Gasteiger charge is 2.56. The Hall–Kier alpha value is -3.29. The number of nitrogens with one attached hydrogen (secondary N) is 2. The Labute approximate surface area is 173 Å². The van der Waals surface area contributed by atoms with Gasteiger partial charge in [-0.05, 0) is 18.6 Å². The molecule has 2 heterocycles. The van der Waals surface area contributed by atoms with Gasteiger partial charge in [-0.3, -0.25) is 14.5 Å². The van der Waals surface area contributed by atoms with Crippen LogP contribution in [0.4, 0.5) is 18.9 Å². The number of rotatable bonds is 7. The van der Waals surface area contributed by atoms with Gasteiger partial charge in [-0.25, -0.2) is 4.79 Å². The third kappa shape index (κ3) is 4.42. The predicted molar refractivity (Wildman–Crippen MR) is 97.5 cm³/mol. The summed E-state index contributed by atoms with van der Waals surface area (Å²) in [5, 5.41) is 14.6. The lowest BCUT2D eigenvalue weighted by Gasteiger charge is -2.49. The molecule has 3 N–H and O–H groups in total. The Balaban J connectivity index is 1.70. The second kappa shape index (κ2) is 8.09. The summed E-state index contributed by atoms with van der Waals surface area (Å²) in [5.74, 6) is -4.30. The molecule has 14 heteroatoms. The van der Waals surface area contributed by atoms with Crippen molar-refractivity contribution in [3.63, 3.8) is 0 Å². The summed E-state index contributed by atoms with van der Waals surface area (Å²) in [7, 11) is -6.10. The van der Waals surface area contributed by atoms with Crippen molar-refractivity contribution in [2.24, 2.45) is 0 Å². The SMILES string of the molecule is O=C(CNc1ccccc1)N[C@@H]1C(=O)N2C(C(=O)O)=C(OS(=O)(=O)C(F)(F)F)CC[C@H]12. The van der Waals surface area contributed by atoms with Crippen molar-refractivity contribution in [2.45, 2.75) is 30.4 Å². The van der Waals surface area contributed by atoms with E-state index in [0.29, 0.717) is 10.6 Å². The van der Waals surface area contributed by atoms with Gasteiger partial charge in [-0.15, -0.1) is 0 Å². The molecule has 168 valence electrons. The number of carboxylic acid groups (broad SMARTS) is 1. The van der Waals surface area contributed by atoms with E-state index in [0.717, 1.165) is 0 Å². The second-order valence-electron chi connectivity index (χ2n) is 6.64. The Morgan fingerprint density at radius 2 is 1.87 bits per heavy atom. The van der Waals surface area contributed by atoms with Crippen molar-refractivity contribution < 1.29 is 45.3 Å². The zero-order valence-corrected chi connectivity index (χ0v) is 16.4. The molecule has 0 bridgehead atoms. The number of alkyl halides is 3. The summed E-state index contributed by atoms with van der Waals surface area (Å²) in [6, 6.07) is 6.74. The van der Waals surface area contributed by atoms with E-state index >= 15 is 0 Å². The molecule has 1 aromatic carbocycles. The highest BCUT2D eigenvalue weighted by Crippen LogP contribution is 2.39. The van der Waals surface area contributed by atoms with E-state index < -0.39 is 63.4 Å². The number of fused-ring (bicyclic) bond motifs is 1. The van der Waals surface area contributed by atoms with E-state index in [1.165, 1.54) is 0 Å². The highest BCUT2D eigenvalue weighted by atomic mass is 32.2. The summed E-state index contributed by atoms with van der Waals surface area (Å²) in [6.45, 7) is -0.180. The lowest BCUT2D eigenvalue weighted by Crippen LogP contribution is -2.72. The number of para-hydroxylation sites is 1. The van der Waals surface area contributed by atoms with E-state index in [4.69, 9.17) is 0 Å². The van der Waals surface area contributed by atoms with Crippen LogP contribution in [0.2, 0.25) is 0 Å². The smallest absolute Gasteiger partial charge is 0.476 e. The first-order valence-electron chi connectivity index (χ1n) is 8.81. The van der Waals surface area contributed by atoms with Gasteiger partial charge >= 0.3 is 21.6 Å². The van der Waals surface area contributed by atoms with Crippen LogP contribution in [-0.2, 0) is 28.7 Å². The molecular formula is C17H16F3N3O7S. The van der Waals surface area contributed by atoms with Gasteiger partial charge in [0, 0.05) is 12.1 Å². The number of nitrogens with zero attached hydrogens (tertiary/aromatic N) is 1. The lowest BCUT2D eigenvalue weighted by atomic mass is 9.86. The van der Waals surface area contributed by atoms with Crippen LogP contribution in [0.5, 0.6) is 0 Å². The minimum absolute atomic E-state index is 0.109. The van der Waals surface area contributed by atoms with Gasteiger partial charge < -0.3 is 19.9 Å². The topological polar surface area (TPSA) is 142 Å². The maximum absolute atomic E-state index is 12.6. The molecule has 0 aliphatic carbocycles. The van der Waals surface area contributed by atoms with Crippen molar-refractivity contribution in [2.75, 3.05) is 11.9 Å². The highest BCUT2D eigenvalue weighted by molar-refractivity contribution is 7.87. The van der Waals surface area contributed by atoms with Crippen LogP contribution < -0.4 is 10.6 Å². The van der Waals surface area contributed by atoms with E-state index in [2.05, 4.69) is 14.8 Å². The van der Waals surface area contributed by atoms with Crippen LogP contribution in [0.25, 0.3) is 0 Å². The van der Waals surface area contributed by atoms with Gasteiger partial charge in [0.15, 0.2) is 11.5 Å². The molecule has 1 fully saturated rings. The molecule has 1 aromatic rings. The quantitative estimate of drug-likeness (QED) is 0.306. The lowest BCUT2D eigenvalue weighted by molar-refractivity contribution is -0.156. The number of carbonyl (C=O) groups is 3. The van der Waals surface area contributed by atoms with Crippen molar-refractivity contribution in [3.05, 3.63) is 41.8 Å². The normalized spacial score (nSPS) is 21.1. The number of hydrogen-bond acceptors (Lipinski definition) is 7. The minimum Gasteiger partial charge on any atom is -0.476 e. The van der Waals surface area contributed by atoms with E-state index in [-0.39, 0.29) is 13.0 Å². The Kier molecular flexibility index (Phi) is 5.85. The molecule has 0 saturated carbocycles. The molecule has 2 aliphatic rings. The maximum Gasteiger partial charge on any atom is 0.534 e. The van der Waals surface area contributed by atoms with Gasteiger partial charge in [-0.2, -0.15) is 21.6 Å². The number of carbonyl (C=O) groups excluding carboxylic acids is 2. The zero-order chi connectivity index (χ0) is 23.0. The number of aliphatic carboxylic acids is 1. The monoisotopic (exact) mass is 463 g/mol. The van der Waals surface area contributed by atoms with Crippen LogP contribution in [0.15, 0.2) is 41.8 Å². The third-order valence-corrected chi connectivity index (χ3v) is 5.62. The van der Waals surface area contributed by atoms with E-state index in [1.807, 2.05) is 0 Å². The fourth-order valence-electron chi connectivity index (χ4n) is 3.25. The number of allylic oxidation sites excluding steroid dienone is 1. The number of β-lactam (4-membered cyclic amide) rings is 1. The fraction of sp³-hybridized carbons (Fsp3) is 0.353. The zero-order valence-electron chi connectivity index (χ0n) is 15.5. The van der Waals surface area contributed by atoms with Gasteiger partial charge in [0.2, 0.25) is 5.91 Å². The first-order valence-corrected chi connectivity index (χ1v) is 10.2. The number of carboxylic acids is 1. The third-order valence-electron chi connectivity index (χ3n) is 4.63.